The molecule has 0 saturated heterocycles. The normalized spacial score (nSPS) is 10.2. The minimum Gasteiger partial charge on any atom is -0.494 e. The van der Waals surface area contributed by atoms with Crippen LogP contribution in [0.4, 0.5) is 5.69 Å². The van der Waals surface area contributed by atoms with Crippen LogP contribution in [-0.2, 0) is 0 Å². The molecule has 5 heteroatoms. The Morgan fingerprint density at radius 2 is 1.95 bits per heavy atom. The monoisotopic (exact) mass is 367 g/mol. The number of hydrogen-bond donors (Lipinski definition) is 1. The molecule has 0 heterocycles. The van der Waals surface area contributed by atoms with Crippen LogP contribution < -0.4 is 10.1 Å². The summed E-state index contributed by atoms with van der Waals surface area (Å²) in [6, 6.07) is 12.4. The number of carbonyl (C=O) groups excluding carboxylic acids is 1. The first-order valence-electron chi connectivity index (χ1n) is 6.59. The molecule has 110 valence electrons. The van der Waals surface area contributed by atoms with Crippen molar-refractivity contribution in [1.29, 1.82) is 0 Å². The van der Waals surface area contributed by atoms with E-state index < -0.39 is 0 Å². The second-order valence-corrected chi connectivity index (χ2v) is 5.84. The van der Waals surface area contributed by atoms with Crippen LogP contribution >= 0.6 is 27.5 Å². The lowest BCUT2D eigenvalue weighted by atomic mass is 10.2. The highest BCUT2D eigenvalue weighted by Crippen LogP contribution is 2.21. The Balaban J connectivity index is 2.05. The van der Waals surface area contributed by atoms with E-state index in [2.05, 4.69) is 28.2 Å². The number of ether oxygens (including phenoxy) is 1. The lowest BCUT2D eigenvalue weighted by molar-refractivity contribution is 0.102. The number of carbonyl (C=O) groups is 1. The van der Waals surface area contributed by atoms with Gasteiger partial charge in [0.25, 0.3) is 5.91 Å². The van der Waals surface area contributed by atoms with E-state index in [0.29, 0.717) is 22.9 Å². The van der Waals surface area contributed by atoms with Crippen molar-refractivity contribution in [3.63, 3.8) is 0 Å². The van der Waals surface area contributed by atoms with E-state index in [1.54, 1.807) is 18.2 Å². The number of benzene rings is 2. The summed E-state index contributed by atoms with van der Waals surface area (Å²) in [6.45, 7) is 2.74. The Hall–Kier alpha value is -1.52. The van der Waals surface area contributed by atoms with Gasteiger partial charge in [0.2, 0.25) is 0 Å². The highest BCUT2D eigenvalue weighted by Gasteiger charge is 2.08. The Morgan fingerprint density at radius 3 is 2.57 bits per heavy atom. The van der Waals surface area contributed by atoms with Crippen molar-refractivity contribution in [2.75, 3.05) is 11.9 Å². The molecule has 3 nitrogen and oxygen atoms in total. The minimum absolute atomic E-state index is 0.208. The molecule has 0 aliphatic carbocycles. The zero-order chi connectivity index (χ0) is 15.2. The average molecular weight is 369 g/mol. The molecule has 0 radical (unpaired) electrons. The summed E-state index contributed by atoms with van der Waals surface area (Å²) < 4.78 is 6.26. The zero-order valence-corrected chi connectivity index (χ0v) is 13.9. The Morgan fingerprint density at radius 1 is 1.24 bits per heavy atom. The Labute approximate surface area is 137 Å². The summed E-state index contributed by atoms with van der Waals surface area (Å²) in [5.41, 5.74) is 1.21. The third kappa shape index (κ3) is 4.76. The first kappa shape index (κ1) is 15.9. The topological polar surface area (TPSA) is 38.3 Å². The Kier molecular flexibility index (Phi) is 5.65. The SMILES string of the molecule is CCCOc1ccc(NC(=O)c2cc(Cl)cc(Br)c2)cc1. The molecule has 0 atom stereocenters. The lowest BCUT2D eigenvalue weighted by Gasteiger charge is -2.08. The summed E-state index contributed by atoms with van der Waals surface area (Å²) in [4.78, 5) is 12.2. The third-order valence-corrected chi connectivity index (χ3v) is 3.39. The molecule has 0 unspecified atom stereocenters. The maximum atomic E-state index is 12.2. The summed E-state index contributed by atoms with van der Waals surface area (Å²) >= 11 is 9.26. The van der Waals surface area contributed by atoms with Gasteiger partial charge in [-0.1, -0.05) is 34.5 Å². The van der Waals surface area contributed by atoms with Gasteiger partial charge in [-0.25, -0.2) is 0 Å². The van der Waals surface area contributed by atoms with Gasteiger partial charge in [0.05, 0.1) is 6.61 Å². The summed E-state index contributed by atoms with van der Waals surface area (Å²) in [6.07, 6.45) is 0.960. The van der Waals surface area contributed by atoms with Gasteiger partial charge >= 0.3 is 0 Å². The number of rotatable bonds is 5. The highest BCUT2D eigenvalue weighted by atomic mass is 79.9. The molecule has 0 aromatic heterocycles. The number of anilines is 1. The highest BCUT2D eigenvalue weighted by molar-refractivity contribution is 9.10. The van der Waals surface area contributed by atoms with E-state index in [1.807, 2.05) is 24.3 Å². The van der Waals surface area contributed by atoms with Crippen molar-refractivity contribution in [1.82, 2.24) is 0 Å². The van der Waals surface area contributed by atoms with Crippen molar-refractivity contribution >= 4 is 39.1 Å². The standard InChI is InChI=1S/C16H15BrClNO2/c1-2-7-21-15-5-3-14(4-6-15)19-16(20)11-8-12(17)10-13(18)9-11/h3-6,8-10H,2,7H2,1H3,(H,19,20). The van der Waals surface area contributed by atoms with E-state index in [0.717, 1.165) is 16.6 Å². The molecule has 0 fully saturated rings. The predicted molar refractivity (Wildman–Crippen MR) is 89.3 cm³/mol. The molecule has 0 saturated carbocycles. The van der Waals surface area contributed by atoms with Crippen LogP contribution in [0.1, 0.15) is 23.7 Å². The van der Waals surface area contributed by atoms with Crippen LogP contribution in [0.15, 0.2) is 46.9 Å². The molecular weight excluding hydrogens is 354 g/mol. The molecule has 0 aliphatic rings. The maximum absolute atomic E-state index is 12.2. The average Bonchev–Trinajstić information content (AvgIpc) is 2.45. The minimum atomic E-state index is -0.208. The number of amides is 1. The van der Waals surface area contributed by atoms with Crippen LogP contribution in [0.2, 0.25) is 5.02 Å². The second-order valence-electron chi connectivity index (χ2n) is 4.49. The largest absolute Gasteiger partial charge is 0.494 e. The van der Waals surface area contributed by atoms with Crippen LogP contribution in [0.3, 0.4) is 0 Å². The van der Waals surface area contributed by atoms with Gasteiger partial charge in [0.15, 0.2) is 0 Å². The molecule has 2 rings (SSSR count). The van der Waals surface area contributed by atoms with E-state index in [4.69, 9.17) is 16.3 Å². The molecule has 21 heavy (non-hydrogen) atoms. The summed E-state index contributed by atoms with van der Waals surface area (Å²) in [5.74, 6) is 0.584. The first-order chi connectivity index (χ1) is 10.1. The van der Waals surface area contributed by atoms with Crippen LogP contribution in [0.5, 0.6) is 5.75 Å². The fourth-order valence-electron chi connectivity index (χ4n) is 1.74. The molecule has 2 aromatic rings. The smallest absolute Gasteiger partial charge is 0.255 e. The number of nitrogens with one attached hydrogen (secondary N) is 1. The predicted octanol–water partition coefficient (Wildman–Crippen LogP) is 5.14. The van der Waals surface area contributed by atoms with E-state index >= 15 is 0 Å². The van der Waals surface area contributed by atoms with Gasteiger partial charge < -0.3 is 10.1 Å². The lowest BCUT2D eigenvalue weighted by Crippen LogP contribution is -2.11. The molecule has 0 aliphatic heterocycles. The van der Waals surface area contributed by atoms with Crippen molar-refractivity contribution < 1.29 is 9.53 Å². The molecule has 2 aromatic carbocycles. The maximum Gasteiger partial charge on any atom is 0.255 e. The summed E-state index contributed by atoms with van der Waals surface area (Å²) in [7, 11) is 0. The van der Waals surface area contributed by atoms with Gasteiger partial charge in [-0.05, 0) is 48.9 Å². The third-order valence-electron chi connectivity index (χ3n) is 2.71. The quantitative estimate of drug-likeness (QED) is 0.793. The van der Waals surface area contributed by atoms with E-state index in [1.165, 1.54) is 0 Å². The number of hydrogen-bond acceptors (Lipinski definition) is 2. The summed E-state index contributed by atoms with van der Waals surface area (Å²) in [5, 5.41) is 3.33. The molecule has 1 amide bonds. The van der Waals surface area contributed by atoms with Crippen molar-refractivity contribution in [3.8, 4) is 5.75 Å². The second kappa shape index (κ2) is 7.48. The molecule has 0 bridgehead atoms. The van der Waals surface area contributed by atoms with Crippen molar-refractivity contribution in [2.24, 2.45) is 0 Å². The van der Waals surface area contributed by atoms with E-state index in [-0.39, 0.29) is 5.91 Å². The zero-order valence-electron chi connectivity index (χ0n) is 11.5. The Bertz CT molecular complexity index is 608. The first-order valence-corrected chi connectivity index (χ1v) is 7.76. The van der Waals surface area contributed by atoms with Gasteiger partial charge in [-0.15, -0.1) is 0 Å². The van der Waals surface area contributed by atoms with Crippen LogP contribution in [-0.4, -0.2) is 12.5 Å². The fourth-order valence-corrected chi connectivity index (χ4v) is 2.60. The van der Waals surface area contributed by atoms with E-state index in [9.17, 15) is 4.79 Å². The fraction of sp³-hybridized carbons (Fsp3) is 0.188. The van der Waals surface area contributed by atoms with Gasteiger partial charge in [0, 0.05) is 20.7 Å². The van der Waals surface area contributed by atoms with Crippen LogP contribution in [0, 0.1) is 0 Å². The number of halogens is 2. The molecule has 1 N–H and O–H groups in total. The van der Waals surface area contributed by atoms with Gasteiger partial charge in [0.1, 0.15) is 5.75 Å². The van der Waals surface area contributed by atoms with Crippen molar-refractivity contribution in [3.05, 3.63) is 57.5 Å². The van der Waals surface area contributed by atoms with Crippen molar-refractivity contribution in [2.45, 2.75) is 13.3 Å². The van der Waals surface area contributed by atoms with Crippen LogP contribution in [0.25, 0.3) is 0 Å². The van der Waals surface area contributed by atoms with Gasteiger partial charge in [-0.3, -0.25) is 4.79 Å². The molecule has 0 spiro atoms. The molecular formula is C16H15BrClNO2. The van der Waals surface area contributed by atoms with Gasteiger partial charge in [-0.2, -0.15) is 0 Å².